The minimum Gasteiger partial charge on any atom is -0.495 e. The first-order valence-corrected chi connectivity index (χ1v) is 11.2. The SMILES string of the molecule is COc1ccc(NC(C)=O)cc1S(=O)(=O)N1CCN(Cc2csc(C)n2)CC1. The summed E-state index contributed by atoms with van der Waals surface area (Å²) in [6.07, 6.45) is 0. The average Bonchev–Trinajstić information content (AvgIpc) is 3.06. The van der Waals surface area contributed by atoms with E-state index in [9.17, 15) is 13.2 Å². The van der Waals surface area contributed by atoms with Crippen LogP contribution in [0.3, 0.4) is 0 Å². The first kappa shape index (κ1) is 20.7. The number of carbonyl (C=O) groups excluding carboxylic acids is 1. The van der Waals surface area contributed by atoms with Crippen molar-refractivity contribution in [3.63, 3.8) is 0 Å². The van der Waals surface area contributed by atoms with Crippen molar-refractivity contribution in [3.8, 4) is 5.75 Å². The number of thiazole rings is 1. The monoisotopic (exact) mass is 424 g/mol. The van der Waals surface area contributed by atoms with Crippen molar-refractivity contribution in [3.05, 3.63) is 34.3 Å². The zero-order chi connectivity index (χ0) is 20.3. The van der Waals surface area contributed by atoms with Gasteiger partial charge < -0.3 is 10.1 Å². The Morgan fingerprint density at radius 2 is 2.00 bits per heavy atom. The van der Waals surface area contributed by atoms with Gasteiger partial charge in [0.2, 0.25) is 15.9 Å². The molecule has 1 amide bonds. The van der Waals surface area contributed by atoms with Crippen LogP contribution in [0, 0.1) is 6.92 Å². The van der Waals surface area contributed by atoms with Crippen molar-refractivity contribution >= 4 is 33.0 Å². The second kappa shape index (κ2) is 8.56. The van der Waals surface area contributed by atoms with Gasteiger partial charge >= 0.3 is 0 Å². The Bertz CT molecular complexity index is 950. The highest BCUT2D eigenvalue weighted by Gasteiger charge is 2.31. The predicted octanol–water partition coefficient (Wildman–Crippen LogP) is 1.93. The minimum absolute atomic E-state index is 0.0600. The fourth-order valence-electron chi connectivity index (χ4n) is 3.14. The summed E-state index contributed by atoms with van der Waals surface area (Å²) in [6.45, 7) is 6.10. The normalized spacial score (nSPS) is 16.1. The molecule has 0 bridgehead atoms. The van der Waals surface area contributed by atoms with Crippen LogP contribution >= 0.6 is 11.3 Å². The van der Waals surface area contributed by atoms with E-state index >= 15 is 0 Å². The molecule has 1 N–H and O–H groups in total. The molecule has 1 fully saturated rings. The molecule has 1 aromatic carbocycles. The van der Waals surface area contributed by atoms with Crippen LogP contribution in [0.25, 0.3) is 0 Å². The van der Waals surface area contributed by atoms with Crippen molar-refractivity contribution < 1.29 is 17.9 Å². The second-order valence-corrected chi connectivity index (χ2v) is 9.55. The molecule has 1 saturated heterocycles. The van der Waals surface area contributed by atoms with E-state index in [1.54, 1.807) is 23.5 Å². The number of nitrogens with one attached hydrogen (secondary N) is 1. The number of carbonyl (C=O) groups is 1. The number of rotatable bonds is 6. The summed E-state index contributed by atoms with van der Waals surface area (Å²) in [5, 5.41) is 5.68. The van der Waals surface area contributed by atoms with Gasteiger partial charge in [-0.3, -0.25) is 9.69 Å². The van der Waals surface area contributed by atoms with E-state index in [1.807, 2.05) is 12.3 Å². The lowest BCUT2D eigenvalue weighted by Gasteiger charge is -2.33. The molecular weight excluding hydrogens is 400 g/mol. The molecule has 0 saturated carbocycles. The van der Waals surface area contributed by atoms with Crippen molar-refractivity contribution in [1.82, 2.24) is 14.2 Å². The van der Waals surface area contributed by atoms with Crippen LogP contribution < -0.4 is 10.1 Å². The number of aryl methyl sites for hydroxylation is 1. The Labute approximate surface area is 169 Å². The summed E-state index contributed by atoms with van der Waals surface area (Å²) in [6, 6.07) is 4.62. The summed E-state index contributed by atoms with van der Waals surface area (Å²) in [7, 11) is -2.31. The third-order valence-corrected chi connectivity index (χ3v) is 7.23. The average molecular weight is 425 g/mol. The van der Waals surface area contributed by atoms with Gasteiger partial charge in [-0.05, 0) is 25.1 Å². The molecule has 28 heavy (non-hydrogen) atoms. The summed E-state index contributed by atoms with van der Waals surface area (Å²) < 4.78 is 33.1. The highest BCUT2D eigenvalue weighted by Crippen LogP contribution is 2.30. The number of nitrogens with zero attached hydrogens (tertiary/aromatic N) is 3. The van der Waals surface area contributed by atoms with E-state index in [2.05, 4.69) is 15.2 Å². The Kier molecular flexibility index (Phi) is 6.33. The first-order chi connectivity index (χ1) is 13.3. The largest absolute Gasteiger partial charge is 0.495 e. The molecule has 1 aliphatic heterocycles. The number of hydrogen-bond acceptors (Lipinski definition) is 7. The van der Waals surface area contributed by atoms with E-state index in [4.69, 9.17) is 4.74 Å². The first-order valence-electron chi connectivity index (χ1n) is 8.88. The third kappa shape index (κ3) is 4.69. The molecule has 0 spiro atoms. The highest BCUT2D eigenvalue weighted by atomic mass is 32.2. The molecule has 1 aromatic heterocycles. The predicted molar refractivity (Wildman–Crippen MR) is 108 cm³/mol. The van der Waals surface area contributed by atoms with Crippen molar-refractivity contribution in [2.24, 2.45) is 0 Å². The van der Waals surface area contributed by atoms with Crippen molar-refractivity contribution in [1.29, 1.82) is 0 Å². The Balaban J connectivity index is 1.73. The number of sulfonamides is 1. The van der Waals surface area contributed by atoms with Crippen LogP contribution in [-0.2, 0) is 21.4 Å². The maximum atomic E-state index is 13.2. The maximum Gasteiger partial charge on any atom is 0.246 e. The van der Waals surface area contributed by atoms with Crippen molar-refractivity contribution in [2.75, 3.05) is 38.6 Å². The summed E-state index contributed by atoms with van der Waals surface area (Å²) in [5.41, 5.74) is 1.44. The number of anilines is 1. The lowest BCUT2D eigenvalue weighted by Crippen LogP contribution is -2.48. The van der Waals surface area contributed by atoms with Crippen LogP contribution in [-0.4, -0.2) is 61.8 Å². The molecule has 8 nitrogen and oxygen atoms in total. The lowest BCUT2D eigenvalue weighted by molar-refractivity contribution is -0.114. The van der Waals surface area contributed by atoms with Gasteiger partial charge in [-0.15, -0.1) is 11.3 Å². The Morgan fingerprint density at radius 3 is 2.57 bits per heavy atom. The molecule has 0 atom stereocenters. The number of methoxy groups -OCH3 is 1. The van der Waals surface area contributed by atoms with Crippen LogP contribution in [0.4, 0.5) is 5.69 Å². The fourth-order valence-corrected chi connectivity index (χ4v) is 5.34. The van der Waals surface area contributed by atoms with Crippen LogP contribution in [0.2, 0.25) is 0 Å². The number of aromatic nitrogens is 1. The van der Waals surface area contributed by atoms with E-state index in [0.717, 1.165) is 17.2 Å². The number of benzene rings is 1. The number of hydrogen-bond donors (Lipinski definition) is 1. The van der Waals surface area contributed by atoms with Crippen LogP contribution in [0.15, 0.2) is 28.5 Å². The number of piperazine rings is 1. The molecular formula is C18H24N4O4S2. The van der Waals surface area contributed by atoms with E-state index < -0.39 is 10.0 Å². The van der Waals surface area contributed by atoms with Crippen LogP contribution in [0.5, 0.6) is 5.75 Å². The maximum absolute atomic E-state index is 13.2. The van der Waals surface area contributed by atoms with E-state index in [-0.39, 0.29) is 16.6 Å². The summed E-state index contributed by atoms with van der Waals surface area (Å²) >= 11 is 1.62. The van der Waals surface area contributed by atoms with Crippen molar-refractivity contribution in [2.45, 2.75) is 25.3 Å². The molecule has 3 rings (SSSR count). The zero-order valence-electron chi connectivity index (χ0n) is 16.1. The Morgan fingerprint density at radius 1 is 1.29 bits per heavy atom. The van der Waals surface area contributed by atoms with Gasteiger partial charge in [0.1, 0.15) is 10.6 Å². The molecule has 0 radical (unpaired) electrons. The molecule has 152 valence electrons. The van der Waals surface area contributed by atoms with Gasteiger partial charge in [0.05, 0.1) is 17.8 Å². The van der Waals surface area contributed by atoms with Crippen LogP contribution in [0.1, 0.15) is 17.6 Å². The molecule has 2 heterocycles. The minimum atomic E-state index is -3.74. The molecule has 10 heteroatoms. The molecule has 0 unspecified atom stereocenters. The summed E-state index contributed by atoms with van der Waals surface area (Å²) in [5.74, 6) is -0.00566. The van der Waals surface area contributed by atoms with E-state index in [1.165, 1.54) is 24.4 Å². The second-order valence-electron chi connectivity index (χ2n) is 6.58. The standard InChI is InChI=1S/C18H24N4O4S2/c1-13(23)19-15-4-5-17(26-3)18(10-15)28(24,25)22-8-6-21(7-9-22)11-16-12-27-14(2)20-16/h4-5,10,12H,6-9,11H2,1-3H3,(H,19,23). The summed E-state index contributed by atoms with van der Waals surface area (Å²) in [4.78, 5) is 18.0. The highest BCUT2D eigenvalue weighted by molar-refractivity contribution is 7.89. The van der Waals surface area contributed by atoms with Gasteiger partial charge in [-0.25, -0.2) is 13.4 Å². The van der Waals surface area contributed by atoms with Gasteiger partial charge in [-0.1, -0.05) is 0 Å². The number of amides is 1. The fraction of sp³-hybridized carbons (Fsp3) is 0.444. The van der Waals surface area contributed by atoms with Gasteiger partial charge in [0.25, 0.3) is 0 Å². The quantitative estimate of drug-likeness (QED) is 0.762. The zero-order valence-corrected chi connectivity index (χ0v) is 17.8. The van der Waals surface area contributed by atoms with Gasteiger partial charge in [-0.2, -0.15) is 4.31 Å². The van der Waals surface area contributed by atoms with E-state index in [0.29, 0.717) is 31.9 Å². The lowest BCUT2D eigenvalue weighted by atomic mass is 10.3. The Hall–Kier alpha value is -2.01. The van der Waals surface area contributed by atoms with Gasteiger partial charge in [0.15, 0.2) is 0 Å². The molecule has 0 aliphatic carbocycles. The smallest absolute Gasteiger partial charge is 0.246 e. The van der Waals surface area contributed by atoms with Gasteiger partial charge in [0, 0.05) is 50.7 Å². The molecule has 1 aliphatic rings. The molecule has 2 aromatic rings. The third-order valence-electron chi connectivity index (χ3n) is 4.49. The number of ether oxygens (including phenoxy) is 1. The topological polar surface area (TPSA) is 91.8 Å².